The molecule has 0 radical (unpaired) electrons. The molecule has 0 saturated heterocycles. The lowest BCUT2D eigenvalue weighted by molar-refractivity contribution is 0.102. The van der Waals surface area contributed by atoms with Crippen LogP contribution in [0.4, 0.5) is 11.4 Å². The van der Waals surface area contributed by atoms with Crippen LogP contribution in [-0.2, 0) is 0 Å². The monoisotopic (exact) mass is 378 g/mol. The van der Waals surface area contributed by atoms with Crippen LogP contribution in [0.3, 0.4) is 0 Å². The molecule has 1 aromatic heterocycles. The van der Waals surface area contributed by atoms with Crippen molar-refractivity contribution in [3.63, 3.8) is 0 Å². The maximum Gasteiger partial charge on any atom is 0.255 e. The van der Waals surface area contributed by atoms with E-state index in [0.717, 1.165) is 16.9 Å². The van der Waals surface area contributed by atoms with Gasteiger partial charge < -0.3 is 11.1 Å². The third-order valence-electron chi connectivity index (χ3n) is 5.30. The number of nitrogens with one attached hydrogen (secondary N) is 1. The fraction of sp³-hybridized carbons (Fsp3) is 0.261. The highest BCUT2D eigenvalue weighted by molar-refractivity contribution is 7.13. The van der Waals surface area contributed by atoms with Gasteiger partial charge in [0.25, 0.3) is 5.91 Å². The van der Waals surface area contributed by atoms with Crippen LogP contribution in [0.5, 0.6) is 0 Å². The SMILES string of the molecule is CCC(C)C(C)c1ccc(C(=O)Nc2cc(-c3cccs3)ccc2N)cc1. The van der Waals surface area contributed by atoms with Crippen LogP contribution < -0.4 is 11.1 Å². The summed E-state index contributed by atoms with van der Waals surface area (Å²) >= 11 is 1.66. The second-order valence-electron chi connectivity index (χ2n) is 7.03. The number of anilines is 2. The van der Waals surface area contributed by atoms with Crippen LogP contribution in [-0.4, -0.2) is 5.91 Å². The zero-order chi connectivity index (χ0) is 19.4. The predicted octanol–water partition coefficient (Wildman–Crippen LogP) is 6.40. The highest BCUT2D eigenvalue weighted by atomic mass is 32.1. The molecule has 0 aliphatic heterocycles. The zero-order valence-corrected chi connectivity index (χ0v) is 16.8. The molecular formula is C23H26N2OS. The highest BCUT2D eigenvalue weighted by Gasteiger charge is 2.14. The molecule has 0 aliphatic rings. The van der Waals surface area contributed by atoms with Gasteiger partial charge in [0.1, 0.15) is 0 Å². The summed E-state index contributed by atoms with van der Waals surface area (Å²) in [6.45, 7) is 6.70. The molecule has 0 fully saturated rings. The molecule has 140 valence electrons. The Morgan fingerprint density at radius 3 is 2.48 bits per heavy atom. The lowest BCUT2D eigenvalue weighted by atomic mass is 9.87. The van der Waals surface area contributed by atoms with Crippen molar-refractivity contribution >= 4 is 28.6 Å². The fourth-order valence-electron chi connectivity index (χ4n) is 3.08. The van der Waals surface area contributed by atoms with Crippen LogP contribution in [0.2, 0.25) is 0 Å². The minimum absolute atomic E-state index is 0.146. The predicted molar refractivity (Wildman–Crippen MR) is 116 cm³/mol. The van der Waals surface area contributed by atoms with Crippen molar-refractivity contribution in [3.8, 4) is 10.4 Å². The van der Waals surface area contributed by atoms with E-state index < -0.39 is 0 Å². The van der Waals surface area contributed by atoms with E-state index in [1.807, 2.05) is 41.8 Å². The average molecular weight is 379 g/mol. The molecule has 2 aromatic carbocycles. The van der Waals surface area contributed by atoms with Gasteiger partial charge in [-0.25, -0.2) is 0 Å². The molecule has 0 bridgehead atoms. The van der Waals surface area contributed by atoms with Gasteiger partial charge in [0.15, 0.2) is 0 Å². The molecule has 4 heteroatoms. The standard InChI is InChI=1S/C23H26N2OS/c1-4-15(2)16(3)17-7-9-18(10-8-17)23(26)25-21-14-19(11-12-20(21)24)22-6-5-13-27-22/h5-16H,4,24H2,1-3H3,(H,25,26). The van der Waals surface area contributed by atoms with Crippen LogP contribution >= 0.6 is 11.3 Å². The van der Waals surface area contributed by atoms with E-state index in [2.05, 4.69) is 44.3 Å². The fourth-order valence-corrected chi connectivity index (χ4v) is 3.80. The molecule has 2 unspecified atom stereocenters. The number of carbonyl (C=O) groups excluding carboxylic acids is 1. The van der Waals surface area contributed by atoms with Crippen molar-refractivity contribution in [3.05, 3.63) is 71.1 Å². The number of benzene rings is 2. The molecule has 27 heavy (non-hydrogen) atoms. The molecule has 0 spiro atoms. The summed E-state index contributed by atoms with van der Waals surface area (Å²) < 4.78 is 0. The van der Waals surface area contributed by atoms with Crippen LogP contribution in [0, 0.1) is 5.92 Å². The number of thiophene rings is 1. The molecule has 2 atom stereocenters. The summed E-state index contributed by atoms with van der Waals surface area (Å²) in [6.07, 6.45) is 1.14. The van der Waals surface area contributed by atoms with Gasteiger partial charge in [0, 0.05) is 10.4 Å². The van der Waals surface area contributed by atoms with Gasteiger partial charge in [-0.2, -0.15) is 0 Å². The Kier molecular flexibility index (Phi) is 5.97. The van der Waals surface area contributed by atoms with E-state index in [-0.39, 0.29) is 5.91 Å². The van der Waals surface area contributed by atoms with Gasteiger partial charge >= 0.3 is 0 Å². The maximum absolute atomic E-state index is 12.7. The number of hydrogen-bond acceptors (Lipinski definition) is 3. The molecule has 3 rings (SSSR count). The number of amides is 1. The molecule has 3 aromatic rings. The second-order valence-corrected chi connectivity index (χ2v) is 7.98. The lowest BCUT2D eigenvalue weighted by Crippen LogP contribution is -2.13. The number of nitrogen functional groups attached to an aromatic ring is 1. The smallest absolute Gasteiger partial charge is 0.255 e. The number of hydrogen-bond donors (Lipinski definition) is 2. The molecular weight excluding hydrogens is 352 g/mol. The van der Waals surface area contributed by atoms with E-state index in [1.54, 1.807) is 11.3 Å². The Morgan fingerprint density at radius 1 is 1.11 bits per heavy atom. The maximum atomic E-state index is 12.7. The summed E-state index contributed by atoms with van der Waals surface area (Å²) in [5.74, 6) is 0.947. The summed E-state index contributed by atoms with van der Waals surface area (Å²) in [6, 6.07) is 17.7. The van der Waals surface area contributed by atoms with Gasteiger partial charge in [-0.15, -0.1) is 11.3 Å². The van der Waals surface area contributed by atoms with Crippen molar-refractivity contribution in [2.45, 2.75) is 33.1 Å². The topological polar surface area (TPSA) is 55.1 Å². The van der Waals surface area contributed by atoms with Crippen LogP contribution in [0.25, 0.3) is 10.4 Å². The Bertz CT molecular complexity index is 901. The van der Waals surface area contributed by atoms with E-state index in [1.165, 1.54) is 5.56 Å². The first-order chi connectivity index (χ1) is 13.0. The first kappa shape index (κ1) is 19.2. The number of carbonyl (C=O) groups is 1. The molecule has 3 nitrogen and oxygen atoms in total. The Morgan fingerprint density at radius 2 is 1.85 bits per heavy atom. The molecule has 0 saturated carbocycles. The van der Waals surface area contributed by atoms with Crippen molar-refractivity contribution < 1.29 is 4.79 Å². The van der Waals surface area contributed by atoms with Gasteiger partial charge in [-0.1, -0.05) is 51.5 Å². The van der Waals surface area contributed by atoms with Crippen molar-refractivity contribution in [2.24, 2.45) is 5.92 Å². The van der Waals surface area contributed by atoms with Crippen LogP contribution in [0.1, 0.15) is 49.0 Å². The summed E-state index contributed by atoms with van der Waals surface area (Å²) in [5, 5.41) is 4.99. The van der Waals surface area contributed by atoms with Crippen molar-refractivity contribution in [2.75, 3.05) is 11.1 Å². The molecule has 1 amide bonds. The largest absolute Gasteiger partial charge is 0.397 e. The lowest BCUT2D eigenvalue weighted by Gasteiger charge is -2.19. The molecule has 0 aliphatic carbocycles. The van der Waals surface area contributed by atoms with Gasteiger partial charge in [-0.05, 0) is 58.7 Å². The average Bonchev–Trinajstić information content (AvgIpc) is 3.23. The van der Waals surface area contributed by atoms with Crippen molar-refractivity contribution in [1.82, 2.24) is 0 Å². The molecule has 1 heterocycles. The Hall–Kier alpha value is -2.59. The highest BCUT2D eigenvalue weighted by Crippen LogP contribution is 2.31. The van der Waals surface area contributed by atoms with E-state index >= 15 is 0 Å². The Balaban J connectivity index is 1.76. The minimum Gasteiger partial charge on any atom is -0.397 e. The molecule has 3 N–H and O–H groups in total. The number of nitrogens with two attached hydrogens (primary N) is 1. The second kappa shape index (κ2) is 8.40. The summed E-state index contributed by atoms with van der Waals surface area (Å²) in [4.78, 5) is 13.8. The summed E-state index contributed by atoms with van der Waals surface area (Å²) in [5.41, 5.74) is 10.2. The van der Waals surface area contributed by atoms with E-state index in [4.69, 9.17) is 5.73 Å². The summed E-state index contributed by atoms with van der Waals surface area (Å²) in [7, 11) is 0. The Labute approximate surface area is 165 Å². The van der Waals surface area contributed by atoms with Crippen molar-refractivity contribution in [1.29, 1.82) is 0 Å². The minimum atomic E-state index is -0.146. The number of rotatable bonds is 6. The van der Waals surface area contributed by atoms with E-state index in [9.17, 15) is 4.79 Å². The quantitative estimate of drug-likeness (QED) is 0.488. The normalized spacial score (nSPS) is 13.1. The van der Waals surface area contributed by atoms with Gasteiger partial charge in [-0.3, -0.25) is 4.79 Å². The zero-order valence-electron chi connectivity index (χ0n) is 16.0. The van der Waals surface area contributed by atoms with E-state index in [0.29, 0.717) is 28.8 Å². The third-order valence-corrected chi connectivity index (χ3v) is 6.22. The van der Waals surface area contributed by atoms with Gasteiger partial charge in [0.2, 0.25) is 0 Å². The van der Waals surface area contributed by atoms with Crippen LogP contribution in [0.15, 0.2) is 60.0 Å². The first-order valence-electron chi connectivity index (χ1n) is 9.34. The van der Waals surface area contributed by atoms with Gasteiger partial charge in [0.05, 0.1) is 11.4 Å². The first-order valence-corrected chi connectivity index (χ1v) is 10.2. The third kappa shape index (κ3) is 4.40.